The Morgan fingerprint density at radius 3 is 2.42 bits per heavy atom. The maximum Gasteiger partial charge on any atom is 0.573 e. The number of alkyl halides is 3. The lowest BCUT2D eigenvalue weighted by Crippen LogP contribution is -2.20. The standard InChI is InChI=1S/C16H12BrF3N2O2/c1-2-21-8-7-12-13(17)9-22(15(23)14(12)21)10-3-5-11(6-4-10)24-16(18,19)20/h3-9H,2H2,1H3. The highest BCUT2D eigenvalue weighted by Crippen LogP contribution is 2.26. The summed E-state index contributed by atoms with van der Waals surface area (Å²) in [7, 11) is 0. The van der Waals surface area contributed by atoms with Crippen LogP contribution in [0.3, 0.4) is 0 Å². The van der Waals surface area contributed by atoms with E-state index in [-0.39, 0.29) is 11.3 Å². The summed E-state index contributed by atoms with van der Waals surface area (Å²) in [6.45, 7) is 2.56. The predicted molar refractivity (Wildman–Crippen MR) is 87.6 cm³/mol. The third-order valence-corrected chi connectivity index (χ3v) is 4.21. The summed E-state index contributed by atoms with van der Waals surface area (Å²) in [5, 5.41) is 0.787. The van der Waals surface area contributed by atoms with Crippen molar-refractivity contribution in [2.45, 2.75) is 19.8 Å². The molecule has 0 atom stereocenters. The van der Waals surface area contributed by atoms with Crippen LogP contribution >= 0.6 is 15.9 Å². The van der Waals surface area contributed by atoms with Crippen LogP contribution in [-0.2, 0) is 6.54 Å². The molecule has 24 heavy (non-hydrogen) atoms. The molecule has 8 heteroatoms. The Morgan fingerprint density at radius 1 is 1.17 bits per heavy atom. The average molecular weight is 401 g/mol. The van der Waals surface area contributed by atoms with Crippen molar-refractivity contribution in [3.05, 3.63) is 57.6 Å². The van der Waals surface area contributed by atoms with Gasteiger partial charge in [0.25, 0.3) is 5.56 Å². The highest BCUT2D eigenvalue weighted by molar-refractivity contribution is 9.10. The number of aromatic nitrogens is 2. The first kappa shape index (κ1) is 16.6. The van der Waals surface area contributed by atoms with Gasteiger partial charge in [-0.25, -0.2) is 0 Å². The predicted octanol–water partition coefficient (Wildman–Crippen LogP) is 4.47. The van der Waals surface area contributed by atoms with E-state index < -0.39 is 6.36 Å². The summed E-state index contributed by atoms with van der Waals surface area (Å²) in [6.07, 6.45) is -1.33. The smallest absolute Gasteiger partial charge is 0.406 e. The van der Waals surface area contributed by atoms with Gasteiger partial charge in [0.1, 0.15) is 11.3 Å². The molecule has 0 aliphatic rings. The Bertz CT molecular complexity index is 943. The molecule has 3 aromatic rings. The van der Waals surface area contributed by atoms with Crippen molar-refractivity contribution in [1.29, 1.82) is 0 Å². The fourth-order valence-electron chi connectivity index (χ4n) is 2.52. The van der Waals surface area contributed by atoms with Gasteiger partial charge in [-0.3, -0.25) is 9.36 Å². The van der Waals surface area contributed by atoms with Crippen LogP contribution in [0.1, 0.15) is 6.92 Å². The largest absolute Gasteiger partial charge is 0.573 e. The van der Waals surface area contributed by atoms with Crippen molar-refractivity contribution in [1.82, 2.24) is 9.13 Å². The molecule has 0 spiro atoms. The first-order valence-corrected chi connectivity index (χ1v) is 7.85. The van der Waals surface area contributed by atoms with Gasteiger partial charge in [-0.1, -0.05) is 0 Å². The van der Waals surface area contributed by atoms with E-state index in [1.165, 1.54) is 28.8 Å². The van der Waals surface area contributed by atoms with Crippen LogP contribution in [-0.4, -0.2) is 15.5 Å². The average Bonchev–Trinajstić information content (AvgIpc) is 2.95. The molecule has 0 N–H and O–H groups in total. The quantitative estimate of drug-likeness (QED) is 0.649. The van der Waals surface area contributed by atoms with Crippen molar-refractivity contribution in [3.63, 3.8) is 0 Å². The summed E-state index contributed by atoms with van der Waals surface area (Å²) in [5.41, 5.74) is 0.730. The third kappa shape index (κ3) is 3.06. The van der Waals surface area contributed by atoms with Crippen molar-refractivity contribution in [2.24, 2.45) is 0 Å². The Balaban J connectivity index is 2.09. The van der Waals surface area contributed by atoms with Gasteiger partial charge in [0.05, 0.1) is 0 Å². The normalized spacial score (nSPS) is 11.9. The summed E-state index contributed by atoms with van der Waals surface area (Å²) in [4.78, 5) is 12.7. The number of ether oxygens (including phenoxy) is 1. The van der Waals surface area contributed by atoms with Crippen LogP contribution in [0.5, 0.6) is 5.75 Å². The van der Waals surface area contributed by atoms with Crippen LogP contribution in [0.2, 0.25) is 0 Å². The van der Waals surface area contributed by atoms with E-state index in [2.05, 4.69) is 20.7 Å². The number of hydrogen-bond acceptors (Lipinski definition) is 2. The number of rotatable bonds is 3. The van der Waals surface area contributed by atoms with Crippen molar-refractivity contribution in [3.8, 4) is 11.4 Å². The molecule has 0 aliphatic heterocycles. The Morgan fingerprint density at radius 2 is 1.83 bits per heavy atom. The number of hydrogen-bond donors (Lipinski definition) is 0. The molecule has 2 heterocycles. The van der Waals surface area contributed by atoms with Crippen LogP contribution in [0, 0.1) is 0 Å². The van der Waals surface area contributed by atoms with Crippen molar-refractivity contribution >= 4 is 26.8 Å². The van der Waals surface area contributed by atoms with E-state index >= 15 is 0 Å². The highest BCUT2D eigenvalue weighted by Gasteiger charge is 2.31. The molecular weight excluding hydrogens is 389 g/mol. The molecule has 0 bridgehead atoms. The Labute approximate surface area is 143 Å². The van der Waals surface area contributed by atoms with E-state index in [4.69, 9.17) is 0 Å². The van der Waals surface area contributed by atoms with Gasteiger partial charge in [-0.05, 0) is 53.2 Å². The first-order chi connectivity index (χ1) is 11.3. The minimum Gasteiger partial charge on any atom is -0.406 e. The van der Waals surface area contributed by atoms with Gasteiger partial charge in [-0.15, -0.1) is 13.2 Å². The van der Waals surface area contributed by atoms with Crippen LogP contribution in [0.15, 0.2) is 52.0 Å². The molecule has 1 aromatic carbocycles. The number of benzene rings is 1. The molecule has 0 unspecified atom stereocenters. The maximum atomic E-state index is 12.7. The van der Waals surface area contributed by atoms with Gasteiger partial charge in [0, 0.05) is 34.5 Å². The Hall–Kier alpha value is -2.22. The molecule has 0 saturated carbocycles. The van der Waals surface area contributed by atoms with E-state index in [9.17, 15) is 18.0 Å². The first-order valence-electron chi connectivity index (χ1n) is 7.06. The molecule has 0 amide bonds. The fraction of sp³-hybridized carbons (Fsp3) is 0.188. The Kier molecular flexibility index (Phi) is 4.16. The lowest BCUT2D eigenvalue weighted by molar-refractivity contribution is -0.274. The third-order valence-electron chi connectivity index (χ3n) is 3.57. The van der Waals surface area contributed by atoms with E-state index in [0.29, 0.717) is 17.7 Å². The van der Waals surface area contributed by atoms with Gasteiger partial charge < -0.3 is 9.30 Å². The summed E-state index contributed by atoms with van der Waals surface area (Å²) in [6, 6.07) is 6.99. The second kappa shape index (κ2) is 6.01. The topological polar surface area (TPSA) is 36.2 Å². The minimum atomic E-state index is -4.75. The number of fused-ring (bicyclic) bond motifs is 1. The molecule has 2 aromatic heterocycles. The zero-order chi connectivity index (χ0) is 17.5. The minimum absolute atomic E-state index is 0.246. The molecule has 3 rings (SSSR count). The second-order valence-electron chi connectivity index (χ2n) is 5.06. The van der Waals surface area contributed by atoms with Crippen molar-refractivity contribution < 1.29 is 17.9 Å². The number of pyridine rings is 1. The highest BCUT2D eigenvalue weighted by atomic mass is 79.9. The number of nitrogens with zero attached hydrogens (tertiary/aromatic N) is 2. The molecule has 0 saturated heterocycles. The van der Waals surface area contributed by atoms with E-state index in [1.807, 2.05) is 23.8 Å². The van der Waals surface area contributed by atoms with Crippen molar-refractivity contribution in [2.75, 3.05) is 0 Å². The zero-order valence-corrected chi connectivity index (χ0v) is 14.1. The number of halogens is 4. The van der Waals surface area contributed by atoms with Gasteiger partial charge >= 0.3 is 6.36 Å². The summed E-state index contributed by atoms with van der Waals surface area (Å²) >= 11 is 3.43. The molecule has 0 aliphatic carbocycles. The molecular formula is C16H12BrF3N2O2. The SMILES string of the molecule is CCn1ccc2c(Br)cn(-c3ccc(OC(F)(F)F)cc3)c(=O)c21. The maximum absolute atomic E-state index is 12.7. The summed E-state index contributed by atoms with van der Waals surface area (Å²) in [5.74, 6) is -0.337. The fourth-order valence-corrected chi connectivity index (χ4v) is 3.05. The molecule has 4 nitrogen and oxygen atoms in total. The van der Waals surface area contributed by atoms with Crippen LogP contribution in [0.25, 0.3) is 16.6 Å². The van der Waals surface area contributed by atoms with Crippen LogP contribution in [0.4, 0.5) is 13.2 Å². The summed E-state index contributed by atoms with van der Waals surface area (Å²) < 4.78 is 44.4. The van der Waals surface area contributed by atoms with Gasteiger partial charge in [0.2, 0.25) is 0 Å². The lowest BCUT2D eigenvalue weighted by Gasteiger charge is -2.11. The molecule has 126 valence electrons. The monoisotopic (exact) mass is 400 g/mol. The van der Waals surface area contributed by atoms with E-state index in [1.54, 1.807) is 6.20 Å². The number of aryl methyl sites for hydroxylation is 1. The second-order valence-corrected chi connectivity index (χ2v) is 5.91. The van der Waals surface area contributed by atoms with Crippen LogP contribution < -0.4 is 10.3 Å². The van der Waals surface area contributed by atoms with Gasteiger partial charge in [-0.2, -0.15) is 0 Å². The van der Waals surface area contributed by atoms with E-state index in [0.717, 1.165) is 9.86 Å². The molecule has 0 fully saturated rings. The zero-order valence-electron chi connectivity index (χ0n) is 12.5. The molecule has 0 radical (unpaired) electrons. The van der Waals surface area contributed by atoms with Gasteiger partial charge in [0.15, 0.2) is 0 Å². The lowest BCUT2D eigenvalue weighted by atomic mass is 10.2.